The van der Waals surface area contributed by atoms with Crippen molar-refractivity contribution in [3.63, 3.8) is 0 Å². The second-order valence-corrected chi connectivity index (χ2v) is 5.34. The van der Waals surface area contributed by atoms with Gasteiger partial charge in [-0.3, -0.25) is 5.01 Å². The molecule has 1 aromatic rings. The third-order valence-corrected chi connectivity index (χ3v) is 3.09. The zero-order chi connectivity index (χ0) is 17.9. The largest absolute Gasteiger partial charge is 0.497 e. The van der Waals surface area contributed by atoms with E-state index in [0.29, 0.717) is 31.9 Å². The van der Waals surface area contributed by atoms with Crippen molar-refractivity contribution >= 4 is 11.7 Å². The maximum absolute atomic E-state index is 8.70. The Hall–Kier alpha value is -2.79. The van der Waals surface area contributed by atoms with E-state index in [1.54, 1.807) is 12.1 Å². The molecule has 1 aromatic carbocycles. The van der Waals surface area contributed by atoms with Crippen molar-refractivity contribution in [3.8, 4) is 11.8 Å². The molecule has 0 saturated heterocycles. The number of hydrazine groups is 1. The summed E-state index contributed by atoms with van der Waals surface area (Å²) >= 11 is 0. The molecule has 0 spiro atoms. The Balaban J connectivity index is 2.85. The average molecular weight is 331 g/mol. The van der Waals surface area contributed by atoms with Crippen LogP contribution in [0, 0.1) is 11.3 Å². The van der Waals surface area contributed by atoms with Crippen molar-refractivity contribution in [2.45, 2.75) is 33.2 Å². The van der Waals surface area contributed by atoms with Crippen LogP contribution in [0.15, 0.2) is 34.5 Å². The molecule has 0 aliphatic heterocycles. The number of hydrogen-bond acceptors (Lipinski definition) is 6. The van der Waals surface area contributed by atoms with E-state index >= 15 is 0 Å². The van der Waals surface area contributed by atoms with Crippen LogP contribution in [-0.4, -0.2) is 35.3 Å². The SMILES string of the molecule is COc1ccc(CN(N)/C(=N\N)N(CCCC#N)N=C(C)C)cc1. The number of guanidine groups is 1. The Bertz CT molecular complexity index is 600. The van der Waals surface area contributed by atoms with Gasteiger partial charge in [0.2, 0.25) is 0 Å². The molecule has 8 nitrogen and oxygen atoms in total. The Morgan fingerprint density at radius 2 is 1.96 bits per heavy atom. The summed E-state index contributed by atoms with van der Waals surface area (Å²) in [7, 11) is 1.62. The molecule has 1 rings (SSSR count). The highest BCUT2D eigenvalue weighted by molar-refractivity contribution is 5.83. The molecule has 0 heterocycles. The minimum Gasteiger partial charge on any atom is -0.497 e. The maximum Gasteiger partial charge on any atom is 0.253 e. The Labute approximate surface area is 142 Å². The fourth-order valence-electron chi connectivity index (χ4n) is 2.03. The zero-order valence-electron chi connectivity index (χ0n) is 14.4. The molecular formula is C16H25N7O. The van der Waals surface area contributed by atoms with Crippen LogP contribution in [0.4, 0.5) is 0 Å². The minimum atomic E-state index is 0.338. The fourth-order valence-corrected chi connectivity index (χ4v) is 2.03. The van der Waals surface area contributed by atoms with Crippen LogP contribution in [0.2, 0.25) is 0 Å². The average Bonchev–Trinajstić information content (AvgIpc) is 2.55. The smallest absolute Gasteiger partial charge is 0.253 e. The van der Waals surface area contributed by atoms with Crippen LogP contribution >= 0.6 is 0 Å². The molecule has 0 unspecified atom stereocenters. The number of unbranched alkanes of at least 4 members (excludes halogenated alkanes) is 1. The Kier molecular flexibility index (Phi) is 8.08. The van der Waals surface area contributed by atoms with Gasteiger partial charge < -0.3 is 10.6 Å². The van der Waals surface area contributed by atoms with Crippen LogP contribution < -0.4 is 16.4 Å². The highest BCUT2D eigenvalue weighted by atomic mass is 16.5. The van der Waals surface area contributed by atoms with Crippen molar-refractivity contribution in [1.82, 2.24) is 10.0 Å². The van der Waals surface area contributed by atoms with Crippen molar-refractivity contribution in [2.75, 3.05) is 13.7 Å². The zero-order valence-corrected chi connectivity index (χ0v) is 14.4. The van der Waals surface area contributed by atoms with E-state index in [9.17, 15) is 0 Å². The molecule has 24 heavy (non-hydrogen) atoms. The van der Waals surface area contributed by atoms with Crippen LogP contribution in [0.1, 0.15) is 32.3 Å². The molecule has 130 valence electrons. The first kappa shape index (κ1) is 19.3. The number of ether oxygens (including phenoxy) is 1. The highest BCUT2D eigenvalue weighted by Gasteiger charge is 2.16. The molecule has 0 bridgehead atoms. The summed E-state index contributed by atoms with van der Waals surface area (Å²) in [6.07, 6.45) is 1.07. The number of hydrazone groups is 2. The number of nitriles is 1. The Morgan fingerprint density at radius 3 is 2.46 bits per heavy atom. The summed E-state index contributed by atoms with van der Waals surface area (Å²) in [6, 6.07) is 9.67. The van der Waals surface area contributed by atoms with E-state index in [-0.39, 0.29) is 0 Å². The van der Waals surface area contributed by atoms with Gasteiger partial charge in [0, 0.05) is 18.7 Å². The lowest BCUT2D eigenvalue weighted by Crippen LogP contribution is -2.47. The van der Waals surface area contributed by atoms with E-state index < -0.39 is 0 Å². The van der Waals surface area contributed by atoms with Gasteiger partial charge in [0.1, 0.15) is 5.75 Å². The summed E-state index contributed by atoms with van der Waals surface area (Å²) in [5.74, 6) is 12.8. The molecule has 8 heteroatoms. The molecule has 0 aromatic heterocycles. The van der Waals surface area contributed by atoms with Crippen molar-refractivity contribution < 1.29 is 4.74 Å². The van der Waals surface area contributed by atoms with Gasteiger partial charge in [-0.15, -0.1) is 5.10 Å². The van der Waals surface area contributed by atoms with Gasteiger partial charge in [-0.2, -0.15) is 10.4 Å². The molecule has 0 aliphatic carbocycles. The van der Waals surface area contributed by atoms with Crippen LogP contribution in [0.25, 0.3) is 0 Å². The quantitative estimate of drug-likeness (QED) is 0.258. The summed E-state index contributed by atoms with van der Waals surface area (Å²) in [6.45, 7) is 4.66. The standard InChI is InChI=1S/C16H25N7O/c1-13(2)21-23(11-5-4-10-17)16(20-18)22(19)12-14-6-8-15(24-3)9-7-14/h6-9H,4-5,11-12,18-19H2,1-3H3/b20-16+. The normalized spacial score (nSPS) is 10.7. The van der Waals surface area contributed by atoms with E-state index in [0.717, 1.165) is 17.0 Å². The lowest BCUT2D eigenvalue weighted by Gasteiger charge is -2.27. The maximum atomic E-state index is 8.70. The van der Waals surface area contributed by atoms with Gasteiger partial charge in [0.05, 0.1) is 19.7 Å². The monoisotopic (exact) mass is 331 g/mol. The predicted molar refractivity (Wildman–Crippen MR) is 94.7 cm³/mol. The molecule has 4 N–H and O–H groups in total. The Morgan fingerprint density at radius 1 is 1.29 bits per heavy atom. The summed E-state index contributed by atoms with van der Waals surface area (Å²) < 4.78 is 5.14. The van der Waals surface area contributed by atoms with Gasteiger partial charge in [-0.05, 0) is 38.0 Å². The molecule has 0 atom stereocenters. The van der Waals surface area contributed by atoms with Gasteiger partial charge in [-0.1, -0.05) is 12.1 Å². The van der Waals surface area contributed by atoms with E-state index in [4.69, 9.17) is 21.7 Å². The van der Waals surface area contributed by atoms with Gasteiger partial charge in [0.15, 0.2) is 0 Å². The molecule has 0 amide bonds. The van der Waals surface area contributed by atoms with Crippen molar-refractivity contribution in [2.24, 2.45) is 21.9 Å². The minimum absolute atomic E-state index is 0.338. The molecular weight excluding hydrogens is 306 g/mol. The second-order valence-electron chi connectivity index (χ2n) is 5.34. The first-order valence-corrected chi connectivity index (χ1v) is 7.61. The molecule has 0 saturated carbocycles. The van der Waals surface area contributed by atoms with Crippen molar-refractivity contribution in [3.05, 3.63) is 29.8 Å². The molecule has 0 aliphatic rings. The lowest BCUT2D eigenvalue weighted by molar-refractivity contribution is 0.320. The summed E-state index contributed by atoms with van der Waals surface area (Å²) in [4.78, 5) is 0. The number of methoxy groups -OCH3 is 1. The van der Waals surface area contributed by atoms with E-state index in [2.05, 4.69) is 16.3 Å². The first-order valence-electron chi connectivity index (χ1n) is 7.61. The topological polar surface area (TPSA) is 116 Å². The summed E-state index contributed by atoms with van der Waals surface area (Å²) in [5, 5.41) is 19.9. The van der Waals surface area contributed by atoms with E-state index in [1.807, 2.05) is 38.1 Å². The van der Waals surface area contributed by atoms with Gasteiger partial charge in [-0.25, -0.2) is 10.9 Å². The second kappa shape index (κ2) is 10.1. The predicted octanol–water partition coefficient (Wildman–Crippen LogP) is 1.60. The van der Waals surface area contributed by atoms with Crippen LogP contribution in [0.3, 0.4) is 0 Å². The third-order valence-electron chi connectivity index (χ3n) is 3.09. The highest BCUT2D eigenvalue weighted by Crippen LogP contribution is 2.13. The number of hydrogen-bond donors (Lipinski definition) is 2. The van der Waals surface area contributed by atoms with Crippen LogP contribution in [0.5, 0.6) is 5.75 Å². The number of rotatable bonds is 7. The van der Waals surface area contributed by atoms with Crippen LogP contribution in [-0.2, 0) is 6.54 Å². The number of benzene rings is 1. The van der Waals surface area contributed by atoms with Gasteiger partial charge >= 0.3 is 0 Å². The lowest BCUT2D eigenvalue weighted by atomic mass is 10.2. The third kappa shape index (κ3) is 6.14. The molecule has 0 fully saturated rings. The number of nitrogens with two attached hydrogens (primary N) is 2. The fraction of sp³-hybridized carbons (Fsp3) is 0.438. The van der Waals surface area contributed by atoms with Gasteiger partial charge in [0.25, 0.3) is 5.96 Å². The van der Waals surface area contributed by atoms with E-state index in [1.165, 1.54) is 5.01 Å². The molecule has 0 radical (unpaired) electrons. The first-order chi connectivity index (χ1) is 11.5. The number of nitrogens with zero attached hydrogens (tertiary/aromatic N) is 5. The van der Waals surface area contributed by atoms with Crippen molar-refractivity contribution in [1.29, 1.82) is 5.26 Å². The summed E-state index contributed by atoms with van der Waals surface area (Å²) in [5.41, 5.74) is 1.82.